The minimum Gasteiger partial charge on any atom is -0.350 e. The van der Waals surface area contributed by atoms with E-state index in [9.17, 15) is 4.79 Å². The van der Waals surface area contributed by atoms with Crippen molar-refractivity contribution in [2.24, 2.45) is 5.92 Å². The van der Waals surface area contributed by atoms with Gasteiger partial charge in [0.1, 0.15) is 0 Å². The normalized spacial score (nSPS) is 40.8. The summed E-state index contributed by atoms with van der Waals surface area (Å²) in [6.07, 6.45) is 7.18. The third kappa shape index (κ3) is 1.23. The first-order chi connectivity index (χ1) is 5.74. The molecule has 0 aromatic carbocycles. The Morgan fingerprint density at radius 3 is 2.50 bits per heavy atom. The van der Waals surface area contributed by atoms with Gasteiger partial charge < -0.3 is 5.32 Å². The van der Waals surface area contributed by atoms with Crippen LogP contribution in [-0.2, 0) is 4.79 Å². The molecule has 0 aromatic rings. The molecule has 1 N–H and O–H groups in total. The van der Waals surface area contributed by atoms with E-state index in [0.717, 1.165) is 12.3 Å². The van der Waals surface area contributed by atoms with Gasteiger partial charge in [-0.1, -0.05) is 13.3 Å². The Bertz CT molecular complexity index is 182. The van der Waals surface area contributed by atoms with E-state index in [2.05, 4.69) is 12.2 Å². The fourth-order valence-electron chi connectivity index (χ4n) is 2.52. The van der Waals surface area contributed by atoms with Crippen LogP contribution in [0.25, 0.3) is 0 Å². The minimum absolute atomic E-state index is 0.253. The maximum Gasteiger partial charge on any atom is 0.222 e. The monoisotopic (exact) mass is 167 g/mol. The molecule has 12 heavy (non-hydrogen) atoms. The van der Waals surface area contributed by atoms with Gasteiger partial charge >= 0.3 is 0 Å². The van der Waals surface area contributed by atoms with Gasteiger partial charge in [-0.15, -0.1) is 0 Å². The van der Waals surface area contributed by atoms with Gasteiger partial charge in [-0.3, -0.25) is 4.79 Å². The molecule has 1 heterocycles. The zero-order valence-electron chi connectivity index (χ0n) is 7.73. The van der Waals surface area contributed by atoms with E-state index in [-0.39, 0.29) is 11.4 Å². The fourth-order valence-corrected chi connectivity index (χ4v) is 2.52. The molecule has 1 saturated heterocycles. The zero-order valence-corrected chi connectivity index (χ0v) is 7.73. The molecule has 2 fully saturated rings. The molecule has 1 saturated carbocycles. The quantitative estimate of drug-likeness (QED) is 0.593. The fraction of sp³-hybridized carbons (Fsp3) is 0.900. The Morgan fingerprint density at radius 2 is 2.08 bits per heavy atom. The van der Waals surface area contributed by atoms with E-state index in [1.54, 1.807) is 0 Å². The number of rotatable bonds is 1. The van der Waals surface area contributed by atoms with Crippen molar-refractivity contribution in [1.82, 2.24) is 5.32 Å². The van der Waals surface area contributed by atoms with Gasteiger partial charge in [0.15, 0.2) is 0 Å². The molecule has 0 bridgehead atoms. The summed E-state index contributed by atoms with van der Waals surface area (Å²) >= 11 is 0. The van der Waals surface area contributed by atoms with Crippen molar-refractivity contribution in [3.8, 4) is 0 Å². The molecule has 68 valence electrons. The van der Waals surface area contributed by atoms with Crippen LogP contribution in [0.15, 0.2) is 0 Å². The Balaban J connectivity index is 1.86. The molecule has 1 aliphatic heterocycles. The van der Waals surface area contributed by atoms with E-state index in [4.69, 9.17) is 0 Å². The maximum atomic E-state index is 10.8. The van der Waals surface area contributed by atoms with Crippen molar-refractivity contribution in [3.63, 3.8) is 0 Å². The minimum atomic E-state index is 0.253. The molecule has 0 aromatic heterocycles. The maximum absolute atomic E-state index is 10.8. The molecule has 2 nitrogen and oxygen atoms in total. The second-order valence-corrected chi connectivity index (χ2v) is 4.36. The van der Waals surface area contributed by atoms with E-state index in [0.29, 0.717) is 0 Å². The predicted molar refractivity (Wildman–Crippen MR) is 47.7 cm³/mol. The predicted octanol–water partition coefficient (Wildman–Crippen LogP) is 1.85. The van der Waals surface area contributed by atoms with Crippen LogP contribution in [0.4, 0.5) is 0 Å². The lowest BCUT2D eigenvalue weighted by Gasteiger charge is -2.46. The molecule has 1 spiro atoms. The third-order valence-electron chi connectivity index (χ3n) is 3.54. The molecule has 2 rings (SSSR count). The smallest absolute Gasteiger partial charge is 0.222 e. The molecule has 2 aliphatic rings. The lowest BCUT2D eigenvalue weighted by molar-refractivity contribution is -0.134. The average Bonchev–Trinajstić information content (AvgIpc) is 2.04. The van der Waals surface area contributed by atoms with Crippen LogP contribution in [0.3, 0.4) is 0 Å². The highest BCUT2D eigenvalue weighted by Gasteiger charge is 2.44. The first-order valence-electron chi connectivity index (χ1n) is 5.05. The van der Waals surface area contributed by atoms with Crippen molar-refractivity contribution >= 4 is 5.91 Å². The standard InChI is InChI=1S/C10H17NO/c1-2-8-3-5-10(6-4-8)7-9(12)11-10/h8H,2-7H2,1H3,(H,11,12). The second kappa shape index (κ2) is 2.75. The molecular formula is C10H17NO. The number of hydrogen-bond donors (Lipinski definition) is 1. The highest BCUT2D eigenvalue weighted by molar-refractivity contribution is 5.84. The average molecular weight is 167 g/mol. The molecule has 0 atom stereocenters. The number of amides is 1. The Labute approximate surface area is 73.7 Å². The molecule has 2 heteroatoms. The van der Waals surface area contributed by atoms with Crippen molar-refractivity contribution in [3.05, 3.63) is 0 Å². The van der Waals surface area contributed by atoms with Gasteiger partial charge in [0.25, 0.3) is 0 Å². The van der Waals surface area contributed by atoms with Gasteiger partial charge in [0, 0.05) is 12.0 Å². The van der Waals surface area contributed by atoms with E-state index < -0.39 is 0 Å². The van der Waals surface area contributed by atoms with Crippen molar-refractivity contribution in [1.29, 1.82) is 0 Å². The van der Waals surface area contributed by atoms with Gasteiger partial charge in [-0.05, 0) is 31.6 Å². The van der Waals surface area contributed by atoms with Crippen molar-refractivity contribution in [2.75, 3.05) is 0 Å². The van der Waals surface area contributed by atoms with Gasteiger partial charge in [0.2, 0.25) is 5.91 Å². The summed E-state index contributed by atoms with van der Waals surface area (Å²) in [6, 6.07) is 0. The van der Waals surface area contributed by atoms with E-state index in [1.165, 1.54) is 32.1 Å². The van der Waals surface area contributed by atoms with Crippen LogP contribution >= 0.6 is 0 Å². The number of nitrogens with one attached hydrogen (secondary N) is 1. The number of carbonyl (C=O) groups excluding carboxylic acids is 1. The number of hydrogen-bond acceptors (Lipinski definition) is 1. The van der Waals surface area contributed by atoms with Crippen molar-refractivity contribution in [2.45, 2.75) is 51.0 Å². The number of β-lactam (4-membered cyclic amide) rings is 1. The van der Waals surface area contributed by atoms with E-state index >= 15 is 0 Å². The third-order valence-corrected chi connectivity index (χ3v) is 3.54. The van der Waals surface area contributed by atoms with Crippen LogP contribution in [0.2, 0.25) is 0 Å². The van der Waals surface area contributed by atoms with Crippen molar-refractivity contribution < 1.29 is 4.79 Å². The lowest BCUT2D eigenvalue weighted by atomic mass is 9.70. The van der Waals surface area contributed by atoms with Crippen LogP contribution in [-0.4, -0.2) is 11.4 Å². The van der Waals surface area contributed by atoms with E-state index in [1.807, 2.05) is 0 Å². The summed E-state index contributed by atoms with van der Waals surface area (Å²) in [5.74, 6) is 1.18. The molecule has 0 radical (unpaired) electrons. The molecule has 1 amide bonds. The molecule has 1 aliphatic carbocycles. The van der Waals surface area contributed by atoms with Gasteiger partial charge in [-0.25, -0.2) is 0 Å². The van der Waals surface area contributed by atoms with Crippen LogP contribution in [0.5, 0.6) is 0 Å². The van der Waals surface area contributed by atoms with Crippen LogP contribution < -0.4 is 5.32 Å². The number of carbonyl (C=O) groups is 1. The summed E-state index contributed by atoms with van der Waals surface area (Å²) in [7, 11) is 0. The SMILES string of the molecule is CCC1CCC2(CC1)CC(=O)N2. The zero-order chi connectivity index (χ0) is 8.60. The topological polar surface area (TPSA) is 29.1 Å². The Morgan fingerprint density at radius 1 is 1.50 bits per heavy atom. The summed E-state index contributed by atoms with van der Waals surface area (Å²) in [6.45, 7) is 2.27. The highest BCUT2D eigenvalue weighted by Crippen LogP contribution is 2.39. The summed E-state index contributed by atoms with van der Waals surface area (Å²) in [4.78, 5) is 10.8. The Kier molecular flexibility index (Phi) is 1.85. The summed E-state index contributed by atoms with van der Waals surface area (Å²) in [5.41, 5.74) is 0.253. The van der Waals surface area contributed by atoms with Gasteiger partial charge in [-0.2, -0.15) is 0 Å². The molecule has 0 unspecified atom stereocenters. The highest BCUT2D eigenvalue weighted by atomic mass is 16.2. The molecular weight excluding hydrogens is 150 g/mol. The summed E-state index contributed by atoms with van der Waals surface area (Å²) < 4.78 is 0. The van der Waals surface area contributed by atoms with Gasteiger partial charge in [0.05, 0.1) is 0 Å². The summed E-state index contributed by atoms with van der Waals surface area (Å²) in [5, 5.41) is 3.06. The van der Waals surface area contributed by atoms with Crippen LogP contribution in [0, 0.1) is 5.92 Å². The van der Waals surface area contributed by atoms with Crippen LogP contribution in [0.1, 0.15) is 45.4 Å². The Hall–Kier alpha value is -0.530. The second-order valence-electron chi connectivity index (χ2n) is 4.36. The first-order valence-corrected chi connectivity index (χ1v) is 5.05. The first kappa shape index (κ1) is 8.09. The largest absolute Gasteiger partial charge is 0.350 e. The lowest BCUT2D eigenvalue weighted by Crippen LogP contribution is -2.62.